The van der Waals surface area contributed by atoms with E-state index >= 15 is 0 Å². The Bertz CT molecular complexity index is 1140. The second kappa shape index (κ2) is 10.4. The van der Waals surface area contributed by atoms with Crippen LogP contribution in [0.1, 0.15) is 127 Å². The number of ether oxygens (including phenoxy) is 3. The molecule has 1 heterocycles. The number of hydrogen-bond acceptors (Lipinski definition) is 7. The Morgan fingerprint density at radius 1 is 0.860 bits per heavy atom. The van der Waals surface area contributed by atoms with Crippen molar-refractivity contribution in [3.63, 3.8) is 0 Å². The minimum Gasteiger partial charge on any atom is -0.481 e. The molecule has 5 aliphatic rings. The lowest BCUT2D eigenvalue weighted by Gasteiger charge is -2.70. The van der Waals surface area contributed by atoms with Crippen LogP contribution in [0.2, 0.25) is 0 Å². The predicted octanol–water partition coefficient (Wildman–Crippen LogP) is 6.31. The van der Waals surface area contributed by atoms with Crippen LogP contribution in [0.25, 0.3) is 0 Å². The van der Waals surface area contributed by atoms with E-state index in [-0.39, 0.29) is 69.3 Å². The SMILES string of the molecule is CC(=O)O[C@@H]1C[C@@H]2[C@@]3(C)CC[C@H](OC(=O)CC(=O)O)C(C)(C)[C@@H]3CC[C@@]2(C)[C@]2(C)CC[C@H]([C@]3(C)CC[C@H](C(C)(C)O)O3)[C@@H]12. The maximum absolute atomic E-state index is 12.6. The molecule has 244 valence electrons. The highest BCUT2D eigenvalue weighted by Gasteiger charge is 2.72. The molecule has 11 atom stereocenters. The Labute approximate surface area is 258 Å². The first-order chi connectivity index (χ1) is 19.7. The van der Waals surface area contributed by atoms with Gasteiger partial charge in [-0.3, -0.25) is 14.4 Å². The number of fused-ring (bicyclic) bond motifs is 5. The van der Waals surface area contributed by atoms with Crippen molar-refractivity contribution in [2.45, 2.75) is 156 Å². The fourth-order valence-electron chi connectivity index (χ4n) is 11.9. The van der Waals surface area contributed by atoms with Gasteiger partial charge in [0.15, 0.2) is 0 Å². The molecule has 5 fully saturated rings. The van der Waals surface area contributed by atoms with Crippen molar-refractivity contribution in [1.82, 2.24) is 0 Å². The number of carbonyl (C=O) groups excluding carboxylic acids is 2. The van der Waals surface area contributed by atoms with Gasteiger partial charge in [-0.1, -0.05) is 34.6 Å². The third-order valence-electron chi connectivity index (χ3n) is 14.1. The van der Waals surface area contributed by atoms with E-state index in [2.05, 4.69) is 41.5 Å². The summed E-state index contributed by atoms with van der Waals surface area (Å²) in [5, 5.41) is 19.9. The van der Waals surface area contributed by atoms with Crippen LogP contribution in [-0.4, -0.2) is 57.6 Å². The smallest absolute Gasteiger partial charge is 0.317 e. The monoisotopic (exact) mass is 604 g/mol. The van der Waals surface area contributed by atoms with Gasteiger partial charge in [0.1, 0.15) is 18.6 Å². The Hall–Kier alpha value is -1.67. The molecule has 1 aliphatic heterocycles. The van der Waals surface area contributed by atoms with E-state index < -0.39 is 24.0 Å². The maximum Gasteiger partial charge on any atom is 0.317 e. The average Bonchev–Trinajstić information content (AvgIpc) is 3.44. The standard InChI is InChI=1S/C35H56O8/c1-20(36)41-22-18-24-32(6)14-12-25(42-28(39)19-27(37)38)30(2,3)23(32)11-16-33(24,7)34(8)15-10-21(29(22)34)35(9)17-13-26(43-35)31(4,5)40/h21-26,29,40H,10-19H2,1-9H3,(H,37,38)/t21-,22+,23-,24+,25-,26+,29-,32-,33+,34+,35-/m0/s1. The van der Waals surface area contributed by atoms with Gasteiger partial charge in [-0.2, -0.15) is 0 Å². The van der Waals surface area contributed by atoms with Crippen LogP contribution in [0, 0.1) is 45.3 Å². The molecule has 0 spiro atoms. The average molecular weight is 605 g/mol. The summed E-state index contributed by atoms with van der Waals surface area (Å²) in [7, 11) is 0. The number of esters is 2. The molecule has 8 heteroatoms. The molecule has 4 saturated carbocycles. The summed E-state index contributed by atoms with van der Waals surface area (Å²) in [5.74, 6) is -1.05. The lowest BCUT2D eigenvalue weighted by Crippen LogP contribution is -2.67. The lowest BCUT2D eigenvalue weighted by atomic mass is 9.35. The molecular formula is C35H56O8. The first kappa shape index (κ1) is 32.7. The number of hydrogen-bond donors (Lipinski definition) is 2. The van der Waals surface area contributed by atoms with E-state index in [0.29, 0.717) is 12.3 Å². The molecule has 43 heavy (non-hydrogen) atoms. The summed E-state index contributed by atoms with van der Waals surface area (Å²) in [4.78, 5) is 36.2. The molecule has 0 unspecified atom stereocenters. The molecule has 0 amide bonds. The number of aliphatic carboxylic acids is 1. The van der Waals surface area contributed by atoms with E-state index in [1.54, 1.807) is 0 Å². The largest absolute Gasteiger partial charge is 0.481 e. The third kappa shape index (κ3) is 5.05. The summed E-state index contributed by atoms with van der Waals surface area (Å²) in [6, 6.07) is 0. The maximum atomic E-state index is 12.6. The first-order valence-electron chi connectivity index (χ1n) is 16.7. The zero-order valence-corrected chi connectivity index (χ0v) is 28.0. The van der Waals surface area contributed by atoms with Gasteiger partial charge in [-0.25, -0.2) is 0 Å². The van der Waals surface area contributed by atoms with Crippen molar-refractivity contribution in [3.8, 4) is 0 Å². The Morgan fingerprint density at radius 3 is 2.09 bits per heavy atom. The lowest BCUT2D eigenvalue weighted by molar-refractivity contribution is -0.254. The molecule has 1 saturated heterocycles. The van der Waals surface area contributed by atoms with Gasteiger partial charge in [-0.15, -0.1) is 0 Å². The van der Waals surface area contributed by atoms with Gasteiger partial charge < -0.3 is 24.4 Å². The molecule has 0 aromatic heterocycles. The van der Waals surface area contributed by atoms with E-state index in [9.17, 15) is 19.5 Å². The summed E-state index contributed by atoms with van der Waals surface area (Å²) in [6.07, 6.45) is 6.90. The number of rotatable bonds is 6. The minimum absolute atomic E-state index is 0.0296. The second-order valence-electron chi connectivity index (χ2n) is 17.1. The van der Waals surface area contributed by atoms with Gasteiger partial charge >= 0.3 is 17.9 Å². The van der Waals surface area contributed by atoms with E-state index in [1.807, 2.05) is 13.8 Å². The van der Waals surface area contributed by atoms with Crippen LogP contribution < -0.4 is 0 Å². The molecule has 4 aliphatic carbocycles. The molecule has 0 bridgehead atoms. The summed E-state index contributed by atoms with van der Waals surface area (Å²) >= 11 is 0. The summed E-state index contributed by atoms with van der Waals surface area (Å²) < 4.78 is 18.9. The number of carboxylic acids is 1. The quantitative estimate of drug-likeness (QED) is 0.268. The van der Waals surface area contributed by atoms with Crippen molar-refractivity contribution in [1.29, 1.82) is 0 Å². The highest BCUT2D eigenvalue weighted by molar-refractivity contribution is 5.90. The van der Waals surface area contributed by atoms with Crippen LogP contribution in [0.3, 0.4) is 0 Å². The summed E-state index contributed by atoms with van der Waals surface area (Å²) in [6.45, 7) is 19.2. The topological polar surface area (TPSA) is 119 Å². The van der Waals surface area contributed by atoms with Crippen LogP contribution in [0.4, 0.5) is 0 Å². The van der Waals surface area contributed by atoms with E-state index in [1.165, 1.54) is 6.92 Å². The van der Waals surface area contributed by atoms with Crippen LogP contribution in [0.15, 0.2) is 0 Å². The van der Waals surface area contributed by atoms with Crippen molar-refractivity contribution < 1.29 is 38.8 Å². The number of aliphatic hydroxyl groups is 1. The van der Waals surface area contributed by atoms with Gasteiger partial charge in [-0.05, 0) is 113 Å². The first-order valence-corrected chi connectivity index (χ1v) is 16.7. The zero-order valence-electron chi connectivity index (χ0n) is 28.0. The number of carbonyl (C=O) groups is 3. The van der Waals surface area contributed by atoms with Crippen LogP contribution in [-0.2, 0) is 28.6 Å². The predicted molar refractivity (Wildman–Crippen MR) is 161 cm³/mol. The van der Waals surface area contributed by atoms with Gasteiger partial charge in [0.05, 0.1) is 17.3 Å². The molecule has 0 aromatic rings. The van der Waals surface area contributed by atoms with Gasteiger partial charge in [0.25, 0.3) is 0 Å². The molecule has 5 rings (SSSR count). The fourth-order valence-corrected chi connectivity index (χ4v) is 11.9. The molecule has 2 N–H and O–H groups in total. The molecule has 0 aromatic carbocycles. The van der Waals surface area contributed by atoms with Crippen molar-refractivity contribution in [2.75, 3.05) is 0 Å². The van der Waals surface area contributed by atoms with Gasteiger partial charge in [0, 0.05) is 18.3 Å². The van der Waals surface area contributed by atoms with Crippen molar-refractivity contribution in [3.05, 3.63) is 0 Å². The van der Waals surface area contributed by atoms with Crippen molar-refractivity contribution in [2.24, 2.45) is 45.3 Å². The van der Waals surface area contributed by atoms with Crippen LogP contribution >= 0.6 is 0 Å². The highest BCUT2D eigenvalue weighted by atomic mass is 16.6. The Balaban J connectivity index is 1.48. The zero-order chi connectivity index (χ0) is 32.0. The number of carboxylic acid groups (broad SMARTS) is 1. The van der Waals surface area contributed by atoms with E-state index in [0.717, 1.165) is 51.4 Å². The van der Waals surface area contributed by atoms with Gasteiger partial charge in [0.2, 0.25) is 0 Å². The Kier molecular flexibility index (Phi) is 7.94. The second-order valence-corrected chi connectivity index (χ2v) is 17.1. The third-order valence-corrected chi connectivity index (χ3v) is 14.1. The Morgan fingerprint density at radius 2 is 1.51 bits per heavy atom. The molecular weight excluding hydrogens is 548 g/mol. The molecule has 0 radical (unpaired) electrons. The van der Waals surface area contributed by atoms with Crippen molar-refractivity contribution >= 4 is 17.9 Å². The summed E-state index contributed by atoms with van der Waals surface area (Å²) in [5.41, 5.74) is -1.66. The minimum atomic E-state index is -1.17. The van der Waals surface area contributed by atoms with Crippen LogP contribution in [0.5, 0.6) is 0 Å². The fraction of sp³-hybridized carbons (Fsp3) is 0.914. The van der Waals surface area contributed by atoms with E-state index in [4.69, 9.17) is 19.3 Å². The normalized spacial score (nSPS) is 47.2. The molecule has 8 nitrogen and oxygen atoms in total. The highest BCUT2D eigenvalue weighted by Crippen LogP contribution is 2.76.